The quantitative estimate of drug-likeness (QED) is 0.521. The van der Waals surface area contributed by atoms with Gasteiger partial charge < -0.3 is 16.2 Å². The van der Waals surface area contributed by atoms with Gasteiger partial charge in [-0.05, 0) is 13.8 Å². The van der Waals surface area contributed by atoms with E-state index in [-0.39, 0.29) is 12.3 Å². The minimum atomic E-state index is -0.987. The molecule has 0 aromatic carbocycles. The fourth-order valence-electron chi connectivity index (χ4n) is 0.993. The third-order valence-corrected chi connectivity index (χ3v) is 1.58. The predicted molar refractivity (Wildman–Crippen MR) is 52.7 cm³/mol. The van der Waals surface area contributed by atoms with E-state index < -0.39 is 11.5 Å². The molecule has 4 N–H and O–H groups in total. The van der Waals surface area contributed by atoms with Crippen LogP contribution in [0.2, 0.25) is 0 Å². The van der Waals surface area contributed by atoms with Gasteiger partial charge in [-0.15, -0.1) is 0 Å². The molecule has 0 aliphatic heterocycles. The molecule has 0 bridgehead atoms. The van der Waals surface area contributed by atoms with Gasteiger partial charge in [0.25, 0.3) is 0 Å². The van der Waals surface area contributed by atoms with E-state index in [1.165, 1.54) is 6.08 Å². The van der Waals surface area contributed by atoms with Gasteiger partial charge >= 0.3 is 5.97 Å². The van der Waals surface area contributed by atoms with Gasteiger partial charge in [0.2, 0.25) is 5.91 Å². The van der Waals surface area contributed by atoms with Gasteiger partial charge in [-0.25, -0.2) is 4.79 Å². The zero-order valence-corrected chi connectivity index (χ0v) is 8.41. The number of primary amides is 1. The molecule has 0 aliphatic rings. The number of rotatable bonds is 6. The van der Waals surface area contributed by atoms with Crippen molar-refractivity contribution in [2.24, 2.45) is 5.73 Å². The highest BCUT2D eigenvalue weighted by Crippen LogP contribution is 2.06. The number of amides is 1. The average molecular weight is 200 g/mol. The van der Waals surface area contributed by atoms with Crippen LogP contribution in [0.25, 0.3) is 0 Å². The van der Waals surface area contributed by atoms with Crippen molar-refractivity contribution in [1.29, 1.82) is 0 Å². The fourth-order valence-corrected chi connectivity index (χ4v) is 0.993. The second-order valence-corrected chi connectivity index (χ2v) is 3.65. The molecule has 0 unspecified atom stereocenters. The Morgan fingerprint density at radius 3 is 2.50 bits per heavy atom. The number of carbonyl (C=O) groups excluding carboxylic acids is 1. The number of hydrogen-bond donors (Lipinski definition) is 3. The highest BCUT2D eigenvalue weighted by Gasteiger charge is 2.18. The molecule has 14 heavy (non-hydrogen) atoms. The molecule has 0 spiro atoms. The summed E-state index contributed by atoms with van der Waals surface area (Å²) in [6.07, 6.45) is 2.74. The molecule has 80 valence electrons. The normalized spacial score (nSPS) is 11.9. The molecular weight excluding hydrogens is 184 g/mol. The van der Waals surface area contributed by atoms with Crippen LogP contribution in [0.3, 0.4) is 0 Å². The van der Waals surface area contributed by atoms with Crippen LogP contribution in [-0.4, -0.2) is 29.1 Å². The molecule has 0 fully saturated rings. The molecule has 0 aromatic rings. The number of aliphatic carboxylic acids is 1. The zero-order chi connectivity index (χ0) is 11.2. The van der Waals surface area contributed by atoms with Gasteiger partial charge in [-0.2, -0.15) is 0 Å². The molecule has 0 aromatic heterocycles. The van der Waals surface area contributed by atoms with Gasteiger partial charge in [0.05, 0.1) is 0 Å². The number of carbonyl (C=O) groups is 2. The van der Waals surface area contributed by atoms with E-state index >= 15 is 0 Å². The lowest BCUT2D eigenvalue weighted by Crippen LogP contribution is -2.42. The highest BCUT2D eigenvalue weighted by atomic mass is 16.4. The van der Waals surface area contributed by atoms with Crippen molar-refractivity contribution in [1.82, 2.24) is 5.32 Å². The minimum Gasteiger partial charge on any atom is -0.478 e. The van der Waals surface area contributed by atoms with Crippen molar-refractivity contribution in [3.8, 4) is 0 Å². The Hall–Kier alpha value is -1.36. The maximum atomic E-state index is 10.6. The van der Waals surface area contributed by atoms with E-state index in [0.29, 0.717) is 6.54 Å². The molecule has 0 saturated heterocycles. The van der Waals surface area contributed by atoms with E-state index in [2.05, 4.69) is 5.32 Å². The van der Waals surface area contributed by atoms with Crippen molar-refractivity contribution in [2.45, 2.75) is 25.8 Å². The van der Waals surface area contributed by atoms with Crippen LogP contribution in [0.4, 0.5) is 0 Å². The molecule has 0 aliphatic carbocycles. The standard InChI is InChI=1S/C9H16N2O3/c1-9(2,6-7(10)12)11-5-3-4-8(13)14/h3-4,11H,5-6H2,1-2H3,(H2,10,12)(H,13,14)/b4-3+. The summed E-state index contributed by atoms with van der Waals surface area (Å²) in [4.78, 5) is 20.7. The first-order chi connectivity index (χ1) is 6.33. The third-order valence-electron chi connectivity index (χ3n) is 1.58. The molecule has 5 nitrogen and oxygen atoms in total. The van der Waals surface area contributed by atoms with Gasteiger partial charge in [0, 0.05) is 24.6 Å². The highest BCUT2D eigenvalue weighted by molar-refractivity contribution is 5.79. The Bertz CT molecular complexity index is 246. The van der Waals surface area contributed by atoms with Crippen LogP contribution in [-0.2, 0) is 9.59 Å². The summed E-state index contributed by atoms with van der Waals surface area (Å²) < 4.78 is 0. The smallest absolute Gasteiger partial charge is 0.328 e. The van der Waals surface area contributed by atoms with Crippen LogP contribution in [0.5, 0.6) is 0 Å². The first kappa shape index (κ1) is 12.6. The van der Waals surface area contributed by atoms with Crippen LogP contribution >= 0.6 is 0 Å². The van der Waals surface area contributed by atoms with Crippen molar-refractivity contribution in [3.05, 3.63) is 12.2 Å². The largest absolute Gasteiger partial charge is 0.478 e. The van der Waals surface area contributed by atoms with Crippen molar-refractivity contribution >= 4 is 11.9 Å². The molecule has 0 heterocycles. The molecule has 1 amide bonds. The van der Waals surface area contributed by atoms with E-state index in [1.54, 1.807) is 0 Å². The lowest BCUT2D eigenvalue weighted by molar-refractivity contribution is -0.131. The molecule has 5 heteroatoms. The number of nitrogens with one attached hydrogen (secondary N) is 1. The van der Waals surface area contributed by atoms with Crippen LogP contribution in [0.1, 0.15) is 20.3 Å². The SMILES string of the molecule is CC(C)(CC(N)=O)NC/C=C/C(=O)O. The van der Waals surface area contributed by atoms with E-state index in [4.69, 9.17) is 10.8 Å². The molecule has 0 radical (unpaired) electrons. The van der Waals surface area contributed by atoms with Gasteiger partial charge in [-0.3, -0.25) is 4.79 Å². The third kappa shape index (κ3) is 7.30. The van der Waals surface area contributed by atoms with Gasteiger partial charge in [-0.1, -0.05) is 6.08 Å². The topological polar surface area (TPSA) is 92.4 Å². The summed E-state index contributed by atoms with van der Waals surface area (Å²) in [7, 11) is 0. The van der Waals surface area contributed by atoms with Crippen LogP contribution < -0.4 is 11.1 Å². The summed E-state index contributed by atoms with van der Waals surface area (Å²) in [5.41, 5.74) is 4.63. The van der Waals surface area contributed by atoms with Crippen LogP contribution in [0, 0.1) is 0 Å². The summed E-state index contributed by atoms with van der Waals surface area (Å²) in [5.74, 6) is -1.37. The lowest BCUT2D eigenvalue weighted by atomic mass is 10.0. The Labute approximate surface area is 83.0 Å². The summed E-state index contributed by atoms with van der Waals surface area (Å²) in [5, 5.41) is 11.3. The molecule has 0 saturated carbocycles. The van der Waals surface area contributed by atoms with Gasteiger partial charge in [0.15, 0.2) is 0 Å². The Morgan fingerprint density at radius 2 is 2.07 bits per heavy atom. The van der Waals surface area contributed by atoms with Crippen LogP contribution in [0.15, 0.2) is 12.2 Å². The zero-order valence-electron chi connectivity index (χ0n) is 8.41. The Balaban J connectivity index is 3.87. The fraction of sp³-hybridized carbons (Fsp3) is 0.556. The number of carboxylic acid groups (broad SMARTS) is 1. The second kappa shape index (κ2) is 5.39. The Morgan fingerprint density at radius 1 is 1.50 bits per heavy atom. The van der Waals surface area contributed by atoms with E-state index in [0.717, 1.165) is 6.08 Å². The summed E-state index contributed by atoms with van der Waals surface area (Å²) in [6.45, 7) is 4.05. The predicted octanol–water partition coefficient (Wildman–Crippen LogP) is -0.129. The van der Waals surface area contributed by atoms with Gasteiger partial charge in [0.1, 0.15) is 0 Å². The summed E-state index contributed by atoms with van der Waals surface area (Å²) >= 11 is 0. The van der Waals surface area contributed by atoms with E-state index in [1.807, 2.05) is 13.8 Å². The molecule has 0 atom stereocenters. The van der Waals surface area contributed by atoms with Crippen molar-refractivity contribution < 1.29 is 14.7 Å². The average Bonchev–Trinajstić information content (AvgIpc) is 1.95. The first-order valence-electron chi connectivity index (χ1n) is 4.26. The number of nitrogens with two attached hydrogens (primary N) is 1. The number of carboxylic acids is 1. The Kier molecular flexibility index (Phi) is 4.86. The minimum absolute atomic E-state index is 0.216. The first-order valence-corrected chi connectivity index (χ1v) is 4.26. The summed E-state index contributed by atoms with van der Waals surface area (Å²) in [6, 6.07) is 0. The maximum Gasteiger partial charge on any atom is 0.328 e. The maximum absolute atomic E-state index is 10.6. The molecule has 0 rings (SSSR count). The number of hydrogen-bond acceptors (Lipinski definition) is 3. The second-order valence-electron chi connectivity index (χ2n) is 3.65. The van der Waals surface area contributed by atoms with E-state index in [9.17, 15) is 9.59 Å². The monoisotopic (exact) mass is 200 g/mol. The van der Waals surface area contributed by atoms with Crippen molar-refractivity contribution in [3.63, 3.8) is 0 Å². The van der Waals surface area contributed by atoms with Crippen molar-refractivity contribution in [2.75, 3.05) is 6.54 Å². The lowest BCUT2D eigenvalue weighted by Gasteiger charge is -2.23. The molecular formula is C9H16N2O3.